The van der Waals surface area contributed by atoms with Crippen molar-refractivity contribution in [1.29, 1.82) is 0 Å². The van der Waals surface area contributed by atoms with Crippen molar-refractivity contribution in [1.82, 2.24) is 0 Å². The van der Waals surface area contributed by atoms with Crippen LogP contribution in [0, 0.1) is 11.8 Å². The summed E-state index contributed by atoms with van der Waals surface area (Å²) in [7, 11) is 0. The maximum Gasteiger partial charge on any atom is 0.306 e. The molecule has 0 bridgehead atoms. The third-order valence-electron chi connectivity index (χ3n) is 15.3. The van der Waals surface area contributed by atoms with Gasteiger partial charge in [0.1, 0.15) is 13.2 Å². The highest BCUT2D eigenvalue weighted by atomic mass is 16.6. The number of ether oxygens (including phenoxy) is 3. The van der Waals surface area contributed by atoms with Gasteiger partial charge >= 0.3 is 17.9 Å². The molecule has 0 heterocycles. The Labute approximate surface area is 444 Å². The van der Waals surface area contributed by atoms with Crippen LogP contribution in [0.15, 0.2) is 0 Å². The summed E-state index contributed by atoms with van der Waals surface area (Å²) in [6.07, 6.45) is 63.8. The van der Waals surface area contributed by atoms with Crippen molar-refractivity contribution in [3.05, 3.63) is 0 Å². The Morgan fingerprint density at radius 3 is 0.803 bits per heavy atom. The zero-order chi connectivity index (χ0) is 51.8. The molecule has 422 valence electrons. The highest BCUT2D eigenvalue weighted by Gasteiger charge is 2.19. The second-order valence-corrected chi connectivity index (χ2v) is 23.1. The second kappa shape index (κ2) is 57.7. The van der Waals surface area contributed by atoms with Gasteiger partial charge in [-0.15, -0.1) is 0 Å². The summed E-state index contributed by atoms with van der Waals surface area (Å²) in [6, 6.07) is 0. The minimum Gasteiger partial charge on any atom is -0.462 e. The molecule has 0 aliphatic carbocycles. The molecule has 71 heavy (non-hydrogen) atoms. The molecule has 0 radical (unpaired) electrons. The predicted octanol–water partition coefficient (Wildman–Crippen LogP) is 21.6. The molecule has 2 atom stereocenters. The number of hydrogen-bond donors (Lipinski definition) is 0. The number of hydrogen-bond acceptors (Lipinski definition) is 6. The summed E-state index contributed by atoms with van der Waals surface area (Å²) >= 11 is 0. The van der Waals surface area contributed by atoms with Crippen molar-refractivity contribution in [2.45, 2.75) is 375 Å². The summed E-state index contributed by atoms with van der Waals surface area (Å²) in [5, 5.41) is 0. The van der Waals surface area contributed by atoms with Crippen LogP contribution in [0.1, 0.15) is 369 Å². The number of rotatable bonds is 59. The van der Waals surface area contributed by atoms with Gasteiger partial charge in [-0.25, -0.2) is 0 Å². The van der Waals surface area contributed by atoms with Crippen LogP contribution in [0.4, 0.5) is 0 Å². The average molecular weight is 1000 g/mol. The summed E-state index contributed by atoms with van der Waals surface area (Å²) in [6.45, 7) is 11.5. The van der Waals surface area contributed by atoms with Crippen LogP contribution in [0.3, 0.4) is 0 Å². The number of esters is 3. The van der Waals surface area contributed by atoms with Gasteiger partial charge in [0, 0.05) is 19.3 Å². The van der Waals surface area contributed by atoms with E-state index in [1.165, 1.54) is 257 Å². The second-order valence-electron chi connectivity index (χ2n) is 23.1. The zero-order valence-corrected chi connectivity index (χ0v) is 48.9. The van der Waals surface area contributed by atoms with E-state index in [-0.39, 0.29) is 31.1 Å². The SMILES string of the molecule is CCCCCCCCCCCCCCCCCCCCC(=O)OC[C@H](COC(=O)CCCCCCCCCCCCCCCCC(C)C)OC(=O)CCCCCCCCCCCCCCCCC(C)CC. The average Bonchev–Trinajstić information content (AvgIpc) is 3.36. The maximum atomic E-state index is 12.9. The molecular weight excluding hydrogens is 877 g/mol. The van der Waals surface area contributed by atoms with Crippen molar-refractivity contribution in [3.8, 4) is 0 Å². The molecule has 6 heteroatoms. The standard InChI is InChI=1S/C65H126O6/c1-6-8-9-10-11-12-13-14-15-16-17-18-25-30-35-40-45-50-55-63(66)69-58-62(59-70-64(67)56-51-46-41-36-31-26-21-19-23-28-33-38-43-48-53-60(3)4)71-65(68)57-52-47-42-37-32-27-22-20-24-29-34-39-44-49-54-61(5)7-2/h60-62H,6-59H2,1-5H3/t61?,62-/m1/s1. The van der Waals surface area contributed by atoms with Crippen LogP contribution in [0.2, 0.25) is 0 Å². The fourth-order valence-electron chi connectivity index (χ4n) is 10.1. The first-order chi connectivity index (χ1) is 34.8. The van der Waals surface area contributed by atoms with E-state index in [2.05, 4.69) is 34.6 Å². The summed E-state index contributed by atoms with van der Waals surface area (Å²) in [4.78, 5) is 38.3. The summed E-state index contributed by atoms with van der Waals surface area (Å²) in [5.74, 6) is 0.909. The van der Waals surface area contributed by atoms with Crippen LogP contribution in [-0.2, 0) is 28.6 Å². The summed E-state index contributed by atoms with van der Waals surface area (Å²) < 4.78 is 17.0. The molecule has 0 saturated heterocycles. The third kappa shape index (κ3) is 57.5. The van der Waals surface area contributed by atoms with E-state index in [0.717, 1.165) is 69.6 Å². The molecule has 0 fully saturated rings. The van der Waals surface area contributed by atoms with E-state index in [9.17, 15) is 14.4 Å². The molecule has 0 aliphatic heterocycles. The smallest absolute Gasteiger partial charge is 0.306 e. The lowest BCUT2D eigenvalue weighted by Gasteiger charge is -2.18. The molecule has 0 spiro atoms. The number of carbonyl (C=O) groups is 3. The van der Waals surface area contributed by atoms with Crippen LogP contribution < -0.4 is 0 Å². The lowest BCUT2D eigenvalue weighted by atomic mass is 9.99. The van der Waals surface area contributed by atoms with Crippen LogP contribution in [-0.4, -0.2) is 37.2 Å². The first-order valence-electron chi connectivity index (χ1n) is 32.3. The molecule has 6 nitrogen and oxygen atoms in total. The Morgan fingerprint density at radius 1 is 0.296 bits per heavy atom. The normalized spacial score (nSPS) is 12.4. The fourth-order valence-corrected chi connectivity index (χ4v) is 10.1. The molecule has 0 rings (SSSR count). The zero-order valence-electron chi connectivity index (χ0n) is 48.9. The van der Waals surface area contributed by atoms with Gasteiger partial charge in [-0.3, -0.25) is 14.4 Å². The molecule has 1 unspecified atom stereocenters. The van der Waals surface area contributed by atoms with Gasteiger partial charge in [-0.2, -0.15) is 0 Å². The van der Waals surface area contributed by atoms with Gasteiger partial charge in [0.05, 0.1) is 0 Å². The van der Waals surface area contributed by atoms with Crippen molar-refractivity contribution >= 4 is 17.9 Å². The minimum absolute atomic E-state index is 0.0618. The van der Waals surface area contributed by atoms with Crippen LogP contribution >= 0.6 is 0 Å². The Hall–Kier alpha value is -1.59. The van der Waals surface area contributed by atoms with Gasteiger partial charge in [-0.1, -0.05) is 330 Å². The van der Waals surface area contributed by atoms with E-state index in [0.29, 0.717) is 19.3 Å². The first-order valence-corrected chi connectivity index (χ1v) is 32.3. The monoisotopic (exact) mass is 1000 g/mol. The molecule has 0 saturated carbocycles. The first kappa shape index (κ1) is 69.4. The lowest BCUT2D eigenvalue weighted by molar-refractivity contribution is -0.167. The molecule has 0 amide bonds. The third-order valence-corrected chi connectivity index (χ3v) is 15.3. The molecule has 0 aromatic rings. The highest BCUT2D eigenvalue weighted by molar-refractivity contribution is 5.71. The van der Waals surface area contributed by atoms with Gasteiger partial charge in [0.15, 0.2) is 6.10 Å². The highest BCUT2D eigenvalue weighted by Crippen LogP contribution is 2.19. The van der Waals surface area contributed by atoms with Crippen LogP contribution in [0.25, 0.3) is 0 Å². The van der Waals surface area contributed by atoms with Crippen molar-refractivity contribution in [3.63, 3.8) is 0 Å². The molecule has 0 aliphatic rings. The minimum atomic E-state index is -0.764. The van der Waals surface area contributed by atoms with Gasteiger partial charge in [0.2, 0.25) is 0 Å². The maximum absolute atomic E-state index is 12.9. The van der Waals surface area contributed by atoms with Crippen molar-refractivity contribution < 1.29 is 28.6 Å². The van der Waals surface area contributed by atoms with E-state index in [1.54, 1.807) is 0 Å². The quantitative estimate of drug-likeness (QED) is 0.0343. The van der Waals surface area contributed by atoms with Gasteiger partial charge in [0.25, 0.3) is 0 Å². The molecule has 0 aromatic heterocycles. The largest absolute Gasteiger partial charge is 0.462 e. The van der Waals surface area contributed by atoms with Gasteiger partial charge < -0.3 is 14.2 Å². The Bertz CT molecular complexity index is 1090. The van der Waals surface area contributed by atoms with E-state index < -0.39 is 6.10 Å². The Kier molecular flexibility index (Phi) is 56.4. The van der Waals surface area contributed by atoms with Gasteiger partial charge in [-0.05, 0) is 31.1 Å². The predicted molar refractivity (Wildman–Crippen MR) is 307 cm³/mol. The number of unbranched alkanes of at least 4 members (excludes halogenated alkanes) is 43. The van der Waals surface area contributed by atoms with Crippen molar-refractivity contribution in [2.75, 3.05) is 13.2 Å². The summed E-state index contributed by atoms with van der Waals surface area (Å²) in [5.41, 5.74) is 0. The molecule has 0 aromatic carbocycles. The van der Waals surface area contributed by atoms with E-state index in [4.69, 9.17) is 14.2 Å². The topological polar surface area (TPSA) is 78.9 Å². The van der Waals surface area contributed by atoms with E-state index in [1.807, 2.05) is 0 Å². The van der Waals surface area contributed by atoms with Crippen LogP contribution in [0.5, 0.6) is 0 Å². The molecule has 0 N–H and O–H groups in total. The van der Waals surface area contributed by atoms with E-state index >= 15 is 0 Å². The van der Waals surface area contributed by atoms with Crippen molar-refractivity contribution in [2.24, 2.45) is 11.8 Å². The number of carbonyl (C=O) groups excluding carboxylic acids is 3. The Balaban J connectivity index is 4.30. The fraction of sp³-hybridized carbons (Fsp3) is 0.954. The Morgan fingerprint density at radius 2 is 0.535 bits per heavy atom. The molecular formula is C65H126O6. The lowest BCUT2D eigenvalue weighted by Crippen LogP contribution is -2.30.